The van der Waals surface area contributed by atoms with E-state index in [1.807, 2.05) is 13.2 Å². The van der Waals surface area contributed by atoms with E-state index in [2.05, 4.69) is 15.4 Å². The van der Waals surface area contributed by atoms with Crippen molar-refractivity contribution in [2.45, 2.75) is 12.8 Å². The van der Waals surface area contributed by atoms with Gasteiger partial charge in [-0.2, -0.15) is 5.10 Å². The molecule has 0 bridgehead atoms. The Morgan fingerprint density at radius 1 is 1.23 bits per heavy atom. The number of aliphatic carboxylic acids is 1. The van der Waals surface area contributed by atoms with Crippen LogP contribution in [0.3, 0.4) is 0 Å². The Bertz CT molecular complexity index is 1160. The summed E-state index contributed by atoms with van der Waals surface area (Å²) in [4.78, 5) is 27.9. The third kappa shape index (κ3) is 3.83. The molecule has 1 aliphatic rings. The van der Waals surface area contributed by atoms with Crippen molar-refractivity contribution in [3.63, 3.8) is 0 Å². The lowest BCUT2D eigenvalue weighted by molar-refractivity contribution is -0.147. The fraction of sp³-hybridized carbons (Fsp3) is 0.200. The fourth-order valence-corrected chi connectivity index (χ4v) is 3.32. The minimum atomic E-state index is -1.38. The summed E-state index contributed by atoms with van der Waals surface area (Å²) in [6, 6.07) is 6.30. The average Bonchev–Trinajstić information content (AvgIpc) is 3.42. The molecule has 10 heteroatoms. The van der Waals surface area contributed by atoms with Crippen molar-refractivity contribution in [1.29, 1.82) is 0 Å². The molecule has 3 aromatic rings. The second-order valence-corrected chi connectivity index (χ2v) is 7.80. The van der Waals surface area contributed by atoms with Crippen LogP contribution in [0.25, 0.3) is 11.3 Å². The smallest absolute Gasteiger partial charge is 0.319 e. The van der Waals surface area contributed by atoms with E-state index in [0.717, 1.165) is 5.56 Å². The van der Waals surface area contributed by atoms with E-state index < -0.39 is 17.3 Å². The highest BCUT2D eigenvalue weighted by Crippen LogP contribution is 2.47. The van der Waals surface area contributed by atoms with Crippen LogP contribution in [0.4, 0.5) is 5.69 Å². The molecule has 0 radical (unpaired) electrons. The third-order valence-electron chi connectivity index (χ3n) is 4.82. The Hall–Kier alpha value is -3.10. The Balaban J connectivity index is 1.54. The van der Waals surface area contributed by atoms with Crippen LogP contribution in [0.5, 0.6) is 11.5 Å². The van der Waals surface area contributed by atoms with Gasteiger partial charge in [0.1, 0.15) is 16.9 Å². The molecule has 0 saturated heterocycles. The van der Waals surface area contributed by atoms with Crippen LogP contribution in [0.1, 0.15) is 12.8 Å². The Morgan fingerprint density at radius 2 is 2.00 bits per heavy atom. The highest BCUT2D eigenvalue weighted by molar-refractivity contribution is 6.37. The number of hydrogen-bond donors (Lipinski definition) is 2. The average molecular weight is 447 g/mol. The summed E-state index contributed by atoms with van der Waals surface area (Å²) in [7, 11) is 1.81. The molecule has 0 spiro atoms. The van der Waals surface area contributed by atoms with E-state index in [9.17, 15) is 14.7 Å². The lowest BCUT2D eigenvalue weighted by Crippen LogP contribution is -2.31. The summed E-state index contributed by atoms with van der Waals surface area (Å²) in [5.74, 6) is -0.995. The number of rotatable bonds is 6. The molecule has 30 heavy (non-hydrogen) atoms. The van der Waals surface area contributed by atoms with E-state index >= 15 is 0 Å². The molecule has 4 rings (SSSR count). The summed E-state index contributed by atoms with van der Waals surface area (Å²) < 4.78 is 7.52. The molecule has 8 nitrogen and oxygen atoms in total. The summed E-state index contributed by atoms with van der Waals surface area (Å²) in [5.41, 5.74) is 0.343. The van der Waals surface area contributed by atoms with Gasteiger partial charge >= 0.3 is 5.97 Å². The first-order valence-corrected chi connectivity index (χ1v) is 9.71. The summed E-state index contributed by atoms with van der Waals surface area (Å²) in [6.45, 7) is 0. The number of amides is 1. The molecule has 0 aliphatic heterocycles. The Labute approximate surface area is 181 Å². The minimum Gasteiger partial charge on any atom is -0.480 e. The predicted molar refractivity (Wildman–Crippen MR) is 111 cm³/mol. The standard InChI is InChI=1S/C20H16Cl2N4O4/c1-26-10-11(9-24-26)15-6-12(2-5-23-15)30-17-8-13(21)16(7-14(17)22)25-18(27)20(3-4-20)19(28)29/h2,5-10H,3-4H2,1H3,(H,25,27)(H,28,29). The summed E-state index contributed by atoms with van der Waals surface area (Å²) in [5, 5.41) is 16.3. The Kier molecular flexibility index (Phi) is 5.13. The highest BCUT2D eigenvalue weighted by Gasteiger charge is 2.57. The van der Waals surface area contributed by atoms with Crippen molar-refractivity contribution < 1.29 is 19.4 Å². The van der Waals surface area contributed by atoms with Crippen molar-refractivity contribution >= 4 is 40.8 Å². The first-order chi connectivity index (χ1) is 14.3. The number of aryl methyl sites for hydroxylation is 1. The topological polar surface area (TPSA) is 106 Å². The number of nitrogens with zero attached hydrogens (tertiary/aromatic N) is 3. The maximum absolute atomic E-state index is 12.3. The molecule has 2 N–H and O–H groups in total. The SMILES string of the molecule is Cn1cc(-c2cc(Oc3cc(Cl)c(NC(=O)C4(C(=O)O)CC4)cc3Cl)ccn2)cn1. The van der Waals surface area contributed by atoms with Crippen LogP contribution in [0, 0.1) is 5.41 Å². The zero-order valence-electron chi connectivity index (χ0n) is 15.7. The predicted octanol–water partition coefficient (Wildman–Crippen LogP) is 4.38. The number of carboxylic acids is 1. The van der Waals surface area contributed by atoms with E-state index in [0.29, 0.717) is 24.3 Å². The fourth-order valence-electron chi connectivity index (χ4n) is 2.92. The minimum absolute atomic E-state index is 0.172. The number of aromatic nitrogens is 3. The zero-order valence-corrected chi connectivity index (χ0v) is 17.2. The van der Waals surface area contributed by atoms with Gasteiger partial charge in [-0.15, -0.1) is 0 Å². The lowest BCUT2D eigenvalue weighted by Gasteiger charge is -2.14. The first kappa shape index (κ1) is 20.2. The number of ether oxygens (including phenoxy) is 1. The lowest BCUT2D eigenvalue weighted by atomic mass is 10.1. The van der Waals surface area contributed by atoms with E-state index in [4.69, 9.17) is 27.9 Å². The van der Waals surface area contributed by atoms with Gasteiger partial charge < -0.3 is 15.2 Å². The number of carboxylic acid groups (broad SMARTS) is 1. The monoisotopic (exact) mass is 446 g/mol. The Morgan fingerprint density at radius 3 is 2.63 bits per heavy atom. The van der Waals surface area contributed by atoms with Crippen LogP contribution in [-0.4, -0.2) is 31.7 Å². The number of pyridine rings is 1. The zero-order chi connectivity index (χ0) is 21.5. The van der Waals surface area contributed by atoms with Crippen LogP contribution >= 0.6 is 23.2 Å². The van der Waals surface area contributed by atoms with Crippen molar-refractivity contribution in [1.82, 2.24) is 14.8 Å². The number of hydrogen-bond acceptors (Lipinski definition) is 5. The molecule has 2 heterocycles. The van der Waals surface area contributed by atoms with Crippen LogP contribution in [-0.2, 0) is 16.6 Å². The molecule has 1 fully saturated rings. The number of nitrogens with one attached hydrogen (secondary N) is 1. The van der Waals surface area contributed by atoms with Gasteiger partial charge in [-0.05, 0) is 25.0 Å². The van der Waals surface area contributed by atoms with Gasteiger partial charge in [-0.1, -0.05) is 23.2 Å². The maximum Gasteiger partial charge on any atom is 0.319 e. The molecule has 0 atom stereocenters. The quantitative estimate of drug-likeness (QED) is 0.543. The van der Waals surface area contributed by atoms with E-state index in [1.165, 1.54) is 12.1 Å². The van der Waals surface area contributed by atoms with E-state index in [-0.39, 0.29) is 21.5 Å². The number of carbonyl (C=O) groups excluding carboxylic acids is 1. The molecule has 154 valence electrons. The van der Waals surface area contributed by atoms with Gasteiger partial charge in [0.2, 0.25) is 5.91 Å². The molecule has 0 unspecified atom stereocenters. The first-order valence-electron chi connectivity index (χ1n) is 8.95. The van der Waals surface area contributed by atoms with Crippen molar-refractivity contribution in [3.05, 3.63) is 52.9 Å². The maximum atomic E-state index is 12.3. The van der Waals surface area contributed by atoms with Gasteiger partial charge in [-0.3, -0.25) is 19.3 Å². The molecule has 1 aliphatic carbocycles. The van der Waals surface area contributed by atoms with Crippen molar-refractivity contribution in [3.8, 4) is 22.8 Å². The van der Waals surface area contributed by atoms with Gasteiger partial charge in [0.05, 0.1) is 27.6 Å². The number of halogens is 2. The van der Waals surface area contributed by atoms with Crippen LogP contribution < -0.4 is 10.1 Å². The van der Waals surface area contributed by atoms with Crippen molar-refractivity contribution in [2.75, 3.05) is 5.32 Å². The molecule has 1 amide bonds. The van der Waals surface area contributed by atoms with Crippen molar-refractivity contribution in [2.24, 2.45) is 12.5 Å². The molecule has 1 aromatic carbocycles. The largest absolute Gasteiger partial charge is 0.480 e. The van der Waals surface area contributed by atoms with Crippen LogP contribution in [0.2, 0.25) is 10.0 Å². The van der Waals surface area contributed by atoms with Gasteiger partial charge in [-0.25, -0.2) is 0 Å². The molecule has 1 saturated carbocycles. The number of benzene rings is 1. The number of anilines is 1. The summed E-state index contributed by atoms with van der Waals surface area (Å²) in [6.07, 6.45) is 5.71. The molecular weight excluding hydrogens is 431 g/mol. The normalized spacial score (nSPS) is 14.2. The molecule has 2 aromatic heterocycles. The van der Waals surface area contributed by atoms with Gasteiger partial charge in [0.25, 0.3) is 0 Å². The van der Waals surface area contributed by atoms with E-state index in [1.54, 1.807) is 29.2 Å². The third-order valence-corrected chi connectivity index (χ3v) is 5.43. The van der Waals surface area contributed by atoms with Crippen LogP contribution in [0.15, 0.2) is 42.9 Å². The number of carbonyl (C=O) groups is 2. The summed E-state index contributed by atoms with van der Waals surface area (Å²) >= 11 is 12.6. The second-order valence-electron chi connectivity index (χ2n) is 6.99. The van der Waals surface area contributed by atoms with Gasteiger partial charge in [0.15, 0.2) is 0 Å². The van der Waals surface area contributed by atoms with Gasteiger partial charge in [0, 0.05) is 37.1 Å². The molecular formula is C20H16Cl2N4O4. The second kappa shape index (κ2) is 7.62. The highest BCUT2D eigenvalue weighted by atomic mass is 35.5.